The Morgan fingerprint density at radius 3 is 2.83 bits per heavy atom. The maximum atomic E-state index is 13.1. The summed E-state index contributed by atoms with van der Waals surface area (Å²) >= 11 is 0. The summed E-state index contributed by atoms with van der Waals surface area (Å²) in [5.74, 6) is 0.741. The van der Waals surface area contributed by atoms with E-state index >= 15 is 0 Å². The minimum Gasteiger partial charge on any atom is -0.310 e. The van der Waals surface area contributed by atoms with Crippen LogP contribution in [0, 0.1) is 0 Å². The van der Waals surface area contributed by atoms with Crippen LogP contribution in [0.3, 0.4) is 0 Å². The van der Waals surface area contributed by atoms with Gasteiger partial charge in [0.25, 0.3) is 11.5 Å². The lowest BCUT2D eigenvalue weighted by atomic mass is 10.1. The second kappa shape index (κ2) is 5.87. The van der Waals surface area contributed by atoms with Crippen LogP contribution < -0.4 is 10.5 Å². The van der Waals surface area contributed by atoms with Gasteiger partial charge in [-0.3, -0.25) is 9.59 Å². The fourth-order valence-electron chi connectivity index (χ4n) is 3.15. The van der Waals surface area contributed by atoms with Gasteiger partial charge in [-0.25, -0.2) is 4.98 Å². The molecule has 0 radical (unpaired) electrons. The van der Waals surface area contributed by atoms with Gasteiger partial charge in [0, 0.05) is 37.3 Å². The normalized spacial score (nSPS) is 18.1. The van der Waals surface area contributed by atoms with Gasteiger partial charge in [-0.15, -0.1) is 0 Å². The number of benzene rings is 1. The molecule has 2 heterocycles. The number of carbonyl (C=O) groups excluding carboxylic acids is 1. The molecule has 0 atom stereocenters. The van der Waals surface area contributed by atoms with Crippen LogP contribution in [0.5, 0.6) is 0 Å². The number of fused-ring (bicyclic) bond motifs is 1. The topological polar surface area (TPSA) is 69.3 Å². The number of likely N-dealkylation sites (N-methyl/N-ethyl adjacent to an activating group) is 1. The summed E-state index contributed by atoms with van der Waals surface area (Å²) in [7, 11) is 2.04. The highest BCUT2D eigenvalue weighted by molar-refractivity contribution is 6.05. The van der Waals surface area contributed by atoms with Gasteiger partial charge in [0.2, 0.25) is 0 Å². The van der Waals surface area contributed by atoms with Gasteiger partial charge in [0.1, 0.15) is 11.5 Å². The molecule has 1 fully saturated rings. The van der Waals surface area contributed by atoms with Crippen molar-refractivity contribution in [3.8, 4) is 0 Å². The molecule has 0 spiro atoms. The van der Waals surface area contributed by atoms with Gasteiger partial charge in [0.05, 0.1) is 0 Å². The number of hydrogen-bond acceptors (Lipinski definition) is 4. The molecule has 4 rings (SSSR count). The minimum absolute atomic E-state index is 0.203. The predicted octanol–water partition coefficient (Wildman–Crippen LogP) is 1.74. The molecule has 1 amide bonds. The lowest BCUT2D eigenvalue weighted by Crippen LogP contribution is -2.36. The molecule has 6 heteroatoms. The fraction of sp³-hybridized carbons (Fsp3) is 0.389. The number of nitrogens with zero attached hydrogens (tertiary/aromatic N) is 3. The maximum absolute atomic E-state index is 13.1. The zero-order chi connectivity index (χ0) is 16.7. The first-order valence-corrected chi connectivity index (χ1v) is 8.31. The number of nitrogens with one attached hydrogen (secondary N) is 1. The van der Waals surface area contributed by atoms with Crippen LogP contribution in [0.15, 0.2) is 35.1 Å². The zero-order valence-corrected chi connectivity index (χ0v) is 13.7. The molecule has 1 aliphatic carbocycles. The quantitative estimate of drug-likeness (QED) is 0.913. The van der Waals surface area contributed by atoms with Gasteiger partial charge >= 0.3 is 0 Å². The summed E-state index contributed by atoms with van der Waals surface area (Å²) in [6.45, 7) is 2.16. The number of H-pyrrole nitrogens is 1. The summed E-state index contributed by atoms with van der Waals surface area (Å²) in [5.41, 5.74) is 2.00. The number of aromatic nitrogens is 2. The second-order valence-corrected chi connectivity index (χ2v) is 6.61. The van der Waals surface area contributed by atoms with Crippen molar-refractivity contribution in [1.29, 1.82) is 0 Å². The number of para-hydroxylation sites is 1. The lowest BCUT2D eigenvalue weighted by molar-refractivity contribution is 0.0980. The molecule has 2 aromatic rings. The summed E-state index contributed by atoms with van der Waals surface area (Å²) in [6.07, 6.45) is 2.05. The molecule has 1 aromatic carbocycles. The highest BCUT2D eigenvalue weighted by atomic mass is 16.2. The summed E-state index contributed by atoms with van der Waals surface area (Å²) < 4.78 is 0. The molecule has 6 nitrogen and oxygen atoms in total. The number of amides is 1. The van der Waals surface area contributed by atoms with Crippen LogP contribution in [0.1, 0.15) is 40.6 Å². The highest BCUT2D eigenvalue weighted by Gasteiger charge is 2.29. The highest BCUT2D eigenvalue weighted by Crippen LogP contribution is 2.37. The zero-order valence-electron chi connectivity index (χ0n) is 13.7. The van der Waals surface area contributed by atoms with Crippen LogP contribution in [0.2, 0.25) is 0 Å². The molecule has 24 heavy (non-hydrogen) atoms. The molecule has 0 bridgehead atoms. The molecule has 1 aliphatic heterocycles. The number of rotatable bonds is 2. The Bertz CT molecular complexity index is 841. The van der Waals surface area contributed by atoms with Crippen molar-refractivity contribution in [3.63, 3.8) is 0 Å². The average Bonchev–Trinajstić information content (AvgIpc) is 3.40. The number of aromatic amines is 1. The van der Waals surface area contributed by atoms with E-state index in [-0.39, 0.29) is 17.2 Å². The Morgan fingerprint density at radius 2 is 2.04 bits per heavy atom. The van der Waals surface area contributed by atoms with Gasteiger partial charge in [-0.05, 0) is 31.5 Å². The van der Waals surface area contributed by atoms with Crippen molar-refractivity contribution in [3.05, 3.63) is 57.8 Å². The Balaban J connectivity index is 1.73. The molecular weight excluding hydrogens is 304 g/mol. The SMILES string of the molecule is CN1CCN(C(=O)c2cc(=O)[nH]c(C3CC3)n2)c2ccccc2C1. The number of anilines is 1. The van der Waals surface area contributed by atoms with E-state index in [0.29, 0.717) is 18.3 Å². The van der Waals surface area contributed by atoms with E-state index in [9.17, 15) is 9.59 Å². The smallest absolute Gasteiger partial charge is 0.277 e. The van der Waals surface area contributed by atoms with Crippen LogP contribution in [0.25, 0.3) is 0 Å². The number of carbonyl (C=O) groups is 1. The Morgan fingerprint density at radius 1 is 1.25 bits per heavy atom. The summed E-state index contributed by atoms with van der Waals surface area (Å²) in [5, 5.41) is 0. The van der Waals surface area contributed by atoms with Crippen molar-refractivity contribution in [2.45, 2.75) is 25.3 Å². The minimum atomic E-state index is -0.254. The van der Waals surface area contributed by atoms with E-state index in [1.165, 1.54) is 6.07 Å². The Kier molecular flexibility index (Phi) is 3.69. The van der Waals surface area contributed by atoms with Gasteiger partial charge in [-0.1, -0.05) is 18.2 Å². The first-order chi connectivity index (χ1) is 11.6. The molecule has 0 saturated heterocycles. The molecular formula is C18H20N4O2. The molecule has 0 unspecified atom stereocenters. The average molecular weight is 324 g/mol. The maximum Gasteiger partial charge on any atom is 0.277 e. The first kappa shape index (κ1) is 15.1. The van der Waals surface area contributed by atoms with Crippen molar-refractivity contribution >= 4 is 11.6 Å². The summed E-state index contributed by atoms with van der Waals surface area (Å²) in [6, 6.07) is 9.23. The largest absolute Gasteiger partial charge is 0.310 e. The molecule has 1 saturated carbocycles. The molecule has 1 N–H and O–H groups in total. The summed E-state index contributed by atoms with van der Waals surface area (Å²) in [4.78, 5) is 36.1. The van der Waals surface area contributed by atoms with Crippen molar-refractivity contribution in [1.82, 2.24) is 14.9 Å². The van der Waals surface area contributed by atoms with Crippen LogP contribution in [-0.4, -0.2) is 40.9 Å². The molecule has 2 aliphatic rings. The van der Waals surface area contributed by atoms with E-state index in [4.69, 9.17) is 0 Å². The Hall–Kier alpha value is -2.47. The molecule has 1 aromatic heterocycles. The third-order valence-electron chi connectivity index (χ3n) is 4.62. The van der Waals surface area contributed by atoms with E-state index in [2.05, 4.69) is 14.9 Å². The van der Waals surface area contributed by atoms with Gasteiger partial charge < -0.3 is 14.8 Å². The Labute approximate surface area is 140 Å². The van der Waals surface area contributed by atoms with E-state index in [1.54, 1.807) is 4.90 Å². The van der Waals surface area contributed by atoms with Crippen LogP contribution in [-0.2, 0) is 6.54 Å². The standard InChI is InChI=1S/C18H20N4O2/c1-21-8-9-22(15-5-3-2-4-13(15)11-21)18(24)14-10-16(23)20-17(19-14)12-6-7-12/h2-5,10,12H,6-9,11H2,1H3,(H,19,20,23). The van der Waals surface area contributed by atoms with Crippen LogP contribution in [0.4, 0.5) is 5.69 Å². The lowest BCUT2D eigenvalue weighted by Gasteiger charge is -2.22. The van der Waals surface area contributed by atoms with Crippen LogP contribution >= 0.6 is 0 Å². The fourth-order valence-corrected chi connectivity index (χ4v) is 3.15. The second-order valence-electron chi connectivity index (χ2n) is 6.61. The third kappa shape index (κ3) is 2.85. The van der Waals surface area contributed by atoms with Crippen molar-refractivity contribution in [2.24, 2.45) is 0 Å². The predicted molar refractivity (Wildman–Crippen MR) is 91.3 cm³/mol. The first-order valence-electron chi connectivity index (χ1n) is 8.31. The van der Waals surface area contributed by atoms with E-state index < -0.39 is 0 Å². The van der Waals surface area contributed by atoms with Gasteiger partial charge in [-0.2, -0.15) is 0 Å². The number of hydrogen-bond donors (Lipinski definition) is 1. The monoisotopic (exact) mass is 324 g/mol. The van der Waals surface area contributed by atoms with E-state index in [1.807, 2.05) is 31.3 Å². The third-order valence-corrected chi connectivity index (χ3v) is 4.62. The molecule has 124 valence electrons. The van der Waals surface area contributed by atoms with Crippen molar-refractivity contribution < 1.29 is 4.79 Å². The van der Waals surface area contributed by atoms with Gasteiger partial charge in [0.15, 0.2) is 0 Å². The van der Waals surface area contributed by atoms with E-state index in [0.717, 1.165) is 37.2 Å². The van der Waals surface area contributed by atoms with Crippen molar-refractivity contribution in [2.75, 3.05) is 25.0 Å².